The Morgan fingerprint density at radius 1 is 1.08 bits per heavy atom. The number of benzene rings is 2. The summed E-state index contributed by atoms with van der Waals surface area (Å²) in [6, 6.07) is 20.1. The smallest absolute Gasteiger partial charge is 0.126 e. The number of hydrogen-bond donors (Lipinski definition) is 2. The number of aromatic amines is 1. The van der Waals surface area contributed by atoms with Gasteiger partial charge in [0, 0.05) is 29.7 Å². The monoisotopic (exact) mass is 344 g/mol. The summed E-state index contributed by atoms with van der Waals surface area (Å²) in [5.41, 5.74) is 4.80. The van der Waals surface area contributed by atoms with E-state index >= 15 is 0 Å². The second kappa shape index (κ2) is 6.07. The number of hydrogen-bond acceptors (Lipinski definition) is 3. The minimum atomic E-state index is 0.0449. The summed E-state index contributed by atoms with van der Waals surface area (Å²) in [5.74, 6) is 1.25. The first-order valence-electron chi connectivity index (χ1n) is 8.94. The first-order chi connectivity index (χ1) is 12.8. The fourth-order valence-corrected chi connectivity index (χ4v) is 4.08. The fourth-order valence-electron chi connectivity index (χ4n) is 4.08. The normalized spacial score (nSPS) is 17.5. The SMILES string of the molecule is Oc1ccc2[nH]c3c(c2c1)CCN(Cc1ccccc1)C3c1ccco1. The highest BCUT2D eigenvalue weighted by Crippen LogP contribution is 2.39. The maximum absolute atomic E-state index is 9.90. The van der Waals surface area contributed by atoms with Gasteiger partial charge >= 0.3 is 0 Å². The molecule has 1 atom stereocenters. The van der Waals surface area contributed by atoms with Crippen LogP contribution in [-0.2, 0) is 13.0 Å². The highest BCUT2D eigenvalue weighted by Gasteiger charge is 2.33. The van der Waals surface area contributed by atoms with Crippen LogP contribution in [0.15, 0.2) is 71.3 Å². The van der Waals surface area contributed by atoms with Crippen molar-refractivity contribution in [1.29, 1.82) is 0 Å². The lowest BCUT2D eigenvalue weighted by molar-refractivity contribution is 0.181. The van der Waals surface area contributed by atoms with E-state index in [1.54, 1.807) is 12.3 Å². The van der Waals surface area contributed by atoms with E-state index in [0.717, 1.165) is 36.2 Å². The molecule has 0 fully saturated rings. The number of nitrogens with zero attached hydrogens (tertiary/aromatic N) is 1. The van der Waals surface area contributed by atoms with Crippen molar-refractivity contribution >= 4 is 10.9 Å². The molecular formula is C22H20N2O2. The van der Waals surface area contributed by atoms with Gasteiger partial charge in [0.25, 0.3) is 0 Å². The largest absolute Gasteiger partial charge is 0.508 e. The maximum Gasteiger partial charge on any atom is 0.126 e. The molecule has 0 saturated carbocycles. The molecule has 2 aromatic carbocycles. The van der Waals surface area contributed by atoms with Crippen LogP contribution in [0.4, 0.5) is 0 Å². The van der Waals surface area contributed by atoms with Gasteiger partial charge in [-0.25, -0.2) is 0 Å². The second-order valence-electron chi connectivity index (χ2n) is 6.87. The Bertz CT molecular complexity index is 1030. The lowest BCUT2D eigenvalue weighted by Crippen LogP contribution is -2.35. The van der Waals surface area contributed by atoms with E-state index in [1.807, 2.05) is 30.3 Å². The summed E-state index contributed by atoms with van der Waals surface area (Å²) in [6.07, 6.45) is 2.68. The molecule has 4 heteroatoms. The average molecular weight is 344 g/mol. The van der Waals surface area contributed by atoms with Gasteiger partial charge in [-0.05, 0) is 47.9 Å². The van der Waals surface area contributed by atoms with Crippen molar-refractivity contribution in [3.05, 3.63) is 89.5 Å². The number of aromatic hydroxyl groups is 1. The third-order valence-corrected chi connectivity index (χ3v) is 5.25. The average Bonchev–Trinajstić information content (AvgIpc) is 3.30. The van der Waals surface area contributed by atoms with Crippen molar-refractivity contribution in [1.82, 2.24) is 9.88 Å². The minimum absolute atomic E-state index is 0.0449. The molecular weight excluding hydrogens is 324 g/mol. The van der Waals surface area contributed by atoms with Gasteiger partial charge in [-0.1, -0.05) is 30.3 Å². The molecule has 26 heavy (non-hydrogen) atoms. The molecule has 1 unspecified atom stereocenters. The van der Waals surface area contributed by atoms with Gasteiger partial charge < -0.3 is 14.5 Å². The Morgan fingerprint density at radius 2 is 1.96 bits per heavy atom. The van der Waals surface area contributed by atoms with E-state index in [4.69, 9.17) is 4.42 Å². The maximum atomic E-state index is 9.90. The van der Waals surface area contributed by atoms with Crippen molar-refractivity contribution in [3.8, 4) is 5.75 Å². The lowest BCUT2D eigenvalue weighted by atomic mass is 9.95. The summed E-state index contributed by atoms with van der Waals surface area (Å²) in [6.45, 7) is 1.81. The van der Waals surface area contributed by atoms with Gasteiger partial charge in [0.1, 0.15) is 17.6 Å². The number of rotatable bonds is 3. The summed E-state index contributed by atoms with van der Waals surface area (Å²) >= 11 is 0. The Kier molecular flexibility index (Phi) is 3.57. The fraction of sp³-hybridized carbons (Fsp3) is 0.182. The van der Waals surface area contributed by atoms with Crippen LogP contribution in [0.2, 0.25) is 0 Å². The van der Waals surface area contributed by atoms with E-state index in [1.165, 1.54) is 16.8 Å². The number of phenolic OH excluding ortho intramolecular Hbond substituents is 1. The molecule has 4 nitrogen and oxygen atoms in total. The molecule has 2 N–H and O–H groups in total. The van der Waals surface area contributed by atoms with E-state index in [2.05, 4.69) is 34.1 Å². The third kappa shape index (κ3) is 2.50. The van der Waals surface area contributed by atoms with E-state index < -0.39 is 0 Å². The molecule has 0 amide bonds. The number of H-pyrrole nitrogens is 1. The number of aromatic nitrogens is 1. The van der Waals surface area contributed by atoms with Crippen LogP contribution in [0.25, 0.3) is 10.9 Å². The van der Waals surface area contributed by atoms with Gasteiger partial charge in [0.2, 0.25) is 0 Å². The molecule has 1 aliphatic heterocycles. The zero-order chi connectivity index (χ0) is 17.5. The predicted octanol–water partition coefficient (Wildman–Crippen LogP) is 4.61. The molecule has 130 valence electrons. The van der Waals surface area contributed by atoms with Gasteiger partial charge in [-0.2, -0.15) is 0 Å². The van der Waals surface area contributed by atoms with Gasteiger partial charge in [-0.3, -0.25) is 4.90 Å². The van der Waals surface area contributed by atoms with Gasteiger partial charge in [0.15, 0.2) is 0 Å². The van der Waals surface area contributed by atoms with E-state index in [0.29, 0.717) is 5.75 Å². The van der Waals surface area contributed by atoms with Crippen molar-refractivity contribution in [2.24, 2.45) is 0 Å². The number of nitrogens with one attached hydrogen (secondary N) is 1. The summed E-state index contributed by atoms with van der Waals surface area (Å²) in [5, 5.41) is 11.0. The van der Waals surface area contributed by atoms with E-state index in [-0.39, 0.29) is 6.04 Å². The number of fused-ring (bicyclic) bond motifs is 3. The zero-order valence-electron chi connectivity index (χ0n) is 14.4. The Labute approximate surface area is 151 Å². The minimum Gasteiger partial charge on any atom is -0.508 e. The van der Waals surface area contributed by atoms with Crippen molar-refractivity contribution in [3.63, 3.8) is 0 Å². The Morgan fingerprint density at radius 3 is 2.77 bits per heavy atom. The summed E-state index contributed by atoms with van der Waals surface area (Å²) in [4.78, 5) is 6.03. The lowest BCUT2D eigenvalue weighted by Gasteiger charge is -2.34. The van der Waals surface area contributed by atoms with Gasteiger partial charge in [-0.15, -0.1) is 0 Å². The predicted molar refractivity (Wildman–Crippen MR) is 101 cm³/mol. The first kappa shape index (κ1) is 15.3. The van der Waals surface area contributed by atoms with Gasteiger partial charge in [0.05, 0.1) is 6.26 Å². The first-order valence-corrected chi connectivity index (χ1v) is 8.94. The molecule has 0 radical (unpaired) electrons. The van der Waals surface area contributed by atoms with Crippen LogP contribution in [-0.4, -0.2) is 21.5 Å². The third-order valence-electron chi connectivity index (χ3n) is 5.25. The quantitative estimate of drug-likeness (QED) is 0.570. The van der Waals surface area contributed by atoms with Crippen molar-refractivity contribution in [2.45, 2.75) is 19.0 Å². The highest BCUT2D eigenvalue weighted by molar-refractivity contribution is 5.86. The molecule has 4 aromatic rings. The van der Waals surface area contributed by atoms with Crippen LogP contribution in [0.3, 0.4) is 0 Å². The number of phenols is 1. The van der Waals surface area contributed by atoms with Crippen LogP contribution in [0, 0.1) is 0 Å². The molecule has 0 bridgehead atoms. The molecule has 0 spiro atoms. The Hall–Kier alpha value is -2.98. The van der Waals surface area contributed by atoms with Crippen molar-refractivity contribution < 1.29 is 9.52 Å². The standard InChI is InChI=1S/C22H20N2O2/c25-16-8-9-19-18(13-16)17-10-11-24(14-15-5-2-1-3-6-15)22(21(17)23-19)20-7-4-12-26-20/h1-9,12-13,22-23,25H,10-11,14H2. The molecule has 3 heterocycles. The van der Waals surface area contributed by atoms with Crippen LogP contribution >= 0.6 is 0 Å². The van der Waals surface area contributed by atoms with Crippen molar-refractivity contribution in [2.75, 3.05) is 6.54 Å². The summed E-state index contributed by atoms with van der Waals surface area (Å²) < 4.78 is 5.81. The Balaban J connectivity index is 1.62. The van der Waals surface area contributed by atoms with Crippen LogP contribution in [0.1, 0.15) is 28.6 Å². The van der Waals surface area contributed by atoms with Crippen LogP contribution in [0.5, 0.6) is 5.75 Å². The molecule has 5 rings (SSSR count). The number of furan rings is 1. The molecule has 0 saturated heterocycles. The summed E-state index contributed by atoms with van der Waals surface area (Å²) in [7, 11) is 0. The second-order valence-corrected chi connectivity index (χ2v) is 6.87. The zero-order valence-corrected chi connectivity index (χ0v) is 14.4. The molecule has 1 aliphatic rings. The molecule has 2 aromatic heterocycles. The van der Waals surface area contributed by atoms with E-state index in [9.17, 15) is 5.11 Å². The molecule has 0 aliphatic carbocycles. The highest BCUT2D eigenvalue weighted by atomic mass is 16.3. The van der Waals surface area contributed by atoms with Crippen LogP contribution < -0.4 is 0 Å². The topological polar surface area (TPSA) is 52.4 Å².